The summed E-state index contributed by atoms with van der Waals surface area (Å²) in [5, 5.41) is 9.37. The van der Waals surface area contributed by atoms with Gasteiger partial charge in [-0.15, -0.1) is 0 Å². The molecule has 0 bridgehead atoms. The molecule has 0 radical (unpaired) electrons. The second-order valence-electron chi connectivity index (χ2n) is 4.94. The highest BCUT2D eigenvalue weighted by Gasteiger charge is 2.25. The average molecular weight is 298 g/mol. The lowest BCUT2D eigenvalue weighted by atomic mass is 10.1. The molecule has 1 aliphatic heterocycles. The SMILES string of the molecule is Cc1ccc(S(=O)(=O)NC(=O)N2CCC(O)CC2)cc1. The highest BCUT2D eigenvalue weighted by atomic mass is 32.2. The molecule has 2 rings (SSSR count). The Morgan fingerprint density at radius 1 is 1.25 bits per heavy atom. The minimum Gasteiger partial charge on any atom is -0.393 e. The fourth-order valence-electron chi connectivity index (χ4n) is 2.02. The molecule has 0 aromatic heterocycles. The summed E-state index contributed by atoms with van der Waals surface area (Å²) in [6.45, 7) is 2.57. The number of nitrogens with zero attached hydrogens (tertiary/aromatic N) is 1. The van der Waals surface area contributed by atoms with Crippen LogP contribution in [0.15, 0.2) is 29.2 Å². The summed E-state index contributed by atoms with van der Waals surface area (Å²) in [4.78, 5) is 13.4. The first-order valence-corrected chi connectivity index (χ1v) is 7.93. The van der Waals surface area contributed by atoms with Crippen molar-refractivity contribution in [3.05, 3.63) is 29.8 Å². The van der Waals surface area contributed by atoms with Crippen LogP contribution < -0.4 is 4.72 Å². The molecule has 20 heavy (non-hydrogen) atoms. The summed E-state index contributed by atoms with van der Waals surface area (Å²) in [5.41, 5.74) is 0.945. The van der Waals surface area contributed by atoms with Gasteiger partial charge in [0.25, 0.3) is 10.0 Å². The molecule has 7 heteroatoms. The first-order valence-electron chi connectivity index (χ1n) is 6.45. The Balaban J connectivity index is 2.04. The van der Waals surface area contributed by atoms with Crippen molar-refractivity contribution in [2.75, 3.05) is 13.1 Å². The maximum Gasteiger partial charge on any atom is 0.331 e. The monoisotopic (exact) mass is 298 g/mol. The summed E-state index contributed by atoms with van der Waals surface area (Å²) < 4.78 is 26.2. The summed E-state index contributed by atoms with van der Waals surface area (Å²) in [7, 11) is -3.84. The van der Waals surface area contributed by atoms with Gasteiger partial charge in [0.05, 0.1) is 11.0 Å². The Hall–Kier alpha value is -1.60. The van der Waals surface area contributed by atoms with Crippen molar-refractivity contribution < 1.29 is 18.3 Å². The molecule has 0 saturated carbocycles. The molecule has 1 aromatic carbocycles. The molecule has 1 saturated heterocycles. The molecule has 1 aromatic rings. The number of likely N-dealkylation sites (tertiary alicyclic amines) is 1. The lowest BCUT2D eigenvalue weighted by Crippen LogP contribution is -2.47. The number of sulfonamides is 1. The van der Waals surface area contributed by atoms with E-state index in [-0.39, 0.29) is 4.90 Å². The van der Waals surface area contributed by atoms with Gasteiger partial charge in [-0.1, -0.05) is 17.7 Å². The van der Waals surface area contributed by atoms with Gasteiger partial charge in [-0.05, 0) is 31.9 Å². The van der Waals surface area contributed by atoms with Gasteiger partial charge in [0.2, 0.25) is 0 Å². The standard InChI is InChI=1S/C13H18N2O4S/c1-10-2-4-12(5-3-10)20(18,19)14-13(17)15-8-6-11(16)7-9-15/h2-5,11,16H,6-9H2,1H3,(H,14,17). The third-order valence-electron chi connectivity index (χ3n) is 3.30. The molecular formula is C13H18N2O4S. The number of aliphatic hydroxyl groups excluding tert-OH is 1. The van der Waals surface area contributed by atoms with Gasteiger partial charge in [0.15, 0.2) is 0 Å². The van der Waals surface area contributed by atoms with Crippen molar-refractivity contribution in [3.63, 3.8) is 0 Å². The van der Waals surface area contributed by atoms with Crippen molar-refractivity contribution in [2.24, 2.45) is 0 Å². The summed E-state index contributed by atoms with van der Waals surface area (Å²) in [5.74, 6) is 0. The van der Waals surface area contributed by atoms with Crippen LogP contribution >= 0.6 is 0 Å². The Morgan fingerprint density at radius 3 is 2.35 bits per heavy atom. The van der Waals surface area contributed by atoms with E-state index in [0.29, 0.717) is 25.9 Å². The number of urea groups is 1. The van der Waals surface area contributed by atoms with E-state index in [0.717, 1.165) is 5.56 Å². The van der Waals surface area contributed by atoms with Gasteiger partial charge < -0.3 is 10.0 Å². The number of carbonyl (C=O) groups excluding carboxylic acids is 1. The maximum absolute atomic E-state index is 12.1. The van der Waals surface area contributed by atoms with Crippen molar-refractivity contribution in [2.45, 2.75) is 30.8 Å². The van der Waals surface area contributed by atoms with Crippen LogP contribution in [0.4, 0.5) is 4.79 Å². The Kier molecular flexibility index (Phi) is 4.29. The number of carbonyl (C=O) groups is 1. The molecule has 1 fully saturated rings. The molecular weight excluding hydrogens is 280 g/mol. The van der Waals surface area contributed by atoms with E-state index in [1.165, 1.54) is 17.0 Å². The highest BCUT2D eigenvalue weighted by molar-refractivity contribution is 7.90. The van der Waals surface area contributed by atoms with Gasteiger partial charge in [-0.25, -0.2) is 17.9 Å². The minimum atomic E-state index is -3.84. The third-order valence-corrected chi connectivity index (χ3v) is 4.64. The number of hydrogen-bond acceptors (Lipinski definition) is 4. The summed E-state index contributed by atoms with van der Waals surface area (Å²) in [6, 6.07) is 5.64. The molecule has 6 nitrogen and oxygen atoms in total. The summed E-state index contributed by atoms with van der Waals surface area (Å²) in [6.07, 6.45) is 0.531. The molecule has 2 amide bonds. The van der Waals surface area contributed by atoms with Crippen LogP contribution in [0.3, 0.4) is 0 Å². The first kappa shape index (κ1) is 14.8. The molecule has 2 N–H and O–H groups in total. The number of nitrogens with one attached hydrogen (secondary N) is 1. The molecule has 110 valence electrons. The second kappa shape index (κ2) is 5.80. The lowest BCUT2D eigenvalue weighted by Gasteiger charge is -2.29. The zero-order valence-electron chi connectivity index (χ0n) is 11.2. The number of benzene rings is 1. The van der Waals surface area contributed by atoms with Gasteiger partial charge in [0.1, 0.15) is 0 Å². The largest absolute Gasteiger partial charge is 0.393 e. The van der Waals surface area contributed by atoms with Crippen molar-refractivity contribution in [1.29, 1.82) is 0 Å². The zero-order valence-corrected chi connectivity index (χ0v) is 12.1. The maximum atomic E-state index is 12.1. The first-order chi connectivity index (χ1) is 9.38. The molecule has 1 heterocycles. The van der Waals surface area contributed by atoms with Crippen LogP contribution in [0.1, 0.15) is 18.4 Å². The molecule has 0 aliphatic carbocycles. The number of rotatable bonds is 2. The number of amides is 2. The van der Waals surface area contributed by atoms with Crippen LogP contribution in [0.25, 0.3) is 0 Å². The van der Waals surface area contributed by atoms with Crippen molar-refractivity contribution in [3.8, 4) is 0 Å². The van der Waals surface area contributed by atoms with Crippen molar-refractivity contribution >= 4 is 16.1 Å². The van der Waals surface area contributed by atoms with Gasteiger partial charge >= 0.3 is 6.03 Å². The Morgan fingerprint density at radius 2 is 1.80 bits per heavy atom. The summed E-state index contributed by atoms with van der Waals surface area (Å²) >= 11 is 0. The smallest absolute Gasteiger partial charge is 0.331 e. The molecule has 0 unspecified atom stereocenters. The quantitative estimate of drug-likeness (QED) is 0.847. The van der Waals surface area contributed by atoms with E-state index in [2.05, 4.69) is 4.72 Å². The van der Waals surface area contributed by atoms with Crippen LogP contribution in [0.5, 0.6) is 0 Å². The highest BCUT2D eigenvalue weighted by Crippen LogP contribution is 2.13. The van der Waals surface area contributed by atoms with Crippen LogP contribution in [0, 0.1) is 6.92 Å². The molecule has 0 spiro atoms. The van der Waals surface area contributed by atoms with Gasteiger partial charge in [-0.3, -0.25) is 0 Å². The lowest BCUT2D eigenvalue weighted by molar-refractivity contribution is 0.0952. The van der Waals surface area contributed by atoms with E-state index < -0.39 is 22.2 Å². The Bertz CT molecular complexity index is 575. The van der Waals surface area contributed by atoms with E-state index in [1.807, 2.05) is 6.92 Å². The number of piperidine rings is 1. The van der Waals surface area contributed by atoms with Crippen LogP contribution in [-0.4, -0.2) is 43.6 Å². The minimum absolute atomic E-state index is 0.0634. The average Bonchev–Trinajstić information content (AvgIpc) is 2.39. The van der Waals surface area contributed by atoms with E-state index in [9.17, 15) is 18.3 Å². The van der Waals surface area contributed by atoms with Crippen LogP contribution in [-0.2, 0) is 10.0 Å². The molecule has 0 atom stereocenters. The topological polar surface area (TPSA) is 86.7 Å². The number of aliphatic hydroxyl groups is 1. The normalized spacial score (nSPS) is 17.0. The second-order valence-corrected chi connectivity index (χ2v) is 6.62. The van der Waals surface area contributed by atoms with E-state index in [4.69, 9.17) is 0 Å². The fourth-order valence-corrected chi connectivity index (χ4v) is 3.00. The van der Waals surface area contributed by atoms with Gasteiger partial charge in [0, 0.05) is 13.1 Å². The fraction of sp³-hybridized carbons (Fsp3) is 0.462. The van der Waals surface area contributed by atoms with Crippen molar-refractivity contribution in [1.82, 2.24) is 9.62 Å². The predicted octanol–water partition coefficient (Wildman–Crippen LogP) is 0.850. The van der Waals surface area contributed by atoms with Crippen LogP contribution in [0.2, 0.25) is 0 Å². The van der Waals surface area contributed by atoms with Gasteiger partial charge in [-0.2, -0.15) is 0 Å². The Labute approximate surface area is 118 Å². The number of hydrogen-bond donors (Lipinski definition) is 2. The zero-order chi connectivity index (χ0) is 14.8. The third kappa shape index (κ3) is 3.49. The van der Waals surface area contributed by atoms with E-state index >= 15 is 0 Å². The predicted molar refractivity (Wildman–Crippen MR) is 73.7 cm³/mol. The van der Waals surface area contributed by atoms with E-state index in [1.54, 1.807) is 12.1 Å². The number of aryl methyl sites for hydroxylation is 1. The molecule has 1 aliphatic rings.